The summed E-state index contributed by atoms with van der Waals surface area (Å²) in [6.45, 7) is 8.42. The van der Waals surface area contributed by atoms with Gasteiger partial charge in [0, 0.05) is 17.6 Å². The van der Waals surface area contributed by atoms with Gasteiger partial charge in [0.05, 0.1) is 0 Å². The molecule has 2 fully saturated rings. The molecule has 1 saturated heterocycles. The molecule has 0 aromatic heterocycles. The van der Waals surface area contributed by atoms with E-state index >= 15 is 0 Å². The molecule has 1 aliphatic heterocycles. The Morgan fingerprint density at radius 3 is 2.78 bits per heavy atom. The van der Waals surface area contributed by atoms with Crippen molar-refractivity contribution >= 4 is 5.91 Å². The quantitative estimate of drug-likeness (QED) is 0.932. The van der Waals surface area contributed by atoms with Gasteiger partial charge < -0.3 is 5.73 Å². The Kier molecular flexibility index (Phi) is 3.35. The number of nitrogens with zero attached hydrogens (tertiary/aromatic N) is 1. The number of rotatable bonds is 3. The van der Waals surface area contributed by atoms with Crippen molar-refractivity contribution in [3.8, 4) is 0 Å². The van der Waals surface area contributed by atoms with E-state index in [-0.39, 0.29) is 11.3 Å². The van der Waals surface area contributed by atoms with Crippen LogP contribution in [0, 0.1) is 11.8 Å². The summed E-state index contributed by atoms with van der Waals surface area (Å²) in [7, 11) is 0. The van der Waals surface area contributed by atoms with Crippen LogP contribution in [0.4, 0.5) is 0 Å². The van der Waals surface area contributed by atoms with E-state index in [1.165, 1.54) is 36.9 Å². The molecule has 1 aromatic rings. The molecule has 124 valence electrons. The molecular weight excluding hydrogens is 284 g/mol. The second kappa shape index (κ2) is 5.07. The number of amides is 1. The number of benzene rings is 1. The maximum atomic E-state index is 11.6. The summed E-state index contributed by atoms with van der Waals surface area (Å²) in [6.07, 6.45) is 5.11. The Morgan fingerprint density at radius 1 is 1.39 bits per heavy atom. The summed E-state index contributed by atoms with van der Waals surface area (Å²) >= 11 is 0. The zero-order valence-electron chi connectivity index (χ0n) is 14.5. The van der Waals surface area contributed by atoms with Crippen LogP contribution >= 0.6 is 0 Å². The fourth-order valence-electron chi connectivity index (χ4n) is 5.16. The van der Waals surface area contributed by atoms with Crippen molar-refractivity contribution < 1.29 is 4.79 Å². The number of primary amides is 1. The summed E-state index contributed by atoms with van der Waals surface area (Å²) in [5, 5.41) is 0. The largest absolute Gasteiger partial charge is 0.366 e. The van der Waals surface area contributed by atoms with E-state index in [9.17, 15) is 4.79 Å². The highest BCUT2D eigenvalue weighted by Crippen LogP contribution is 2.50. The minimum atomic E-state index is -0.314. The summed E-state index contributed by atoms with van der Waals surface area (Å²) in [5.74, 6) is 1.23. The van der Waals surface area contributed by atoms with Gasteiger partial charge in [0.25, 0.3) is 0 Å². The van der Waals surface area contributed by atoms with Crippen molar-refractivity contribution in [1.29, 1.82) is 0 Å². The molecular formula is C20H28N2O. The molecule has 2 N–H and O–H groups in total. The van der Waals surface area contributed by atoms with Crippen molar-refractivity contribution in [2.75, 3.05) is 6.54 Å². The number of likely N-dealkylation sites (tertiary alicyclic amines) is 1. The van der Waals surface area contributed by atoms with Crippen molar-refractivity contribution in [3.05, 3.63) is 34.9 Å². The van der Waals surface area contributed by atoms with Crippen molar-refractivity contribution in [2.24, 2.45) is 17.6 Å². The van der Waals surface area contributed by atoms with E-state index in [4.69, 9.17) is 5.73 Å². The van der Waals surface area contributed by atoms with Gasteiger partial charge in [-0.3, -0.25) is 9.69 Å². The first-order chi connectivity index (χ1) is 10.9. The molecule has 1 saturated carbocycles. The Hall–Kier alpha value is -1.35. The smallest absolute Gasteiger partial charge is 0.248 e. The van der Waals surface area contributed by atoms with Crippen LogP contribution in [-0.4, -0.2) is 29.4 Å². The monoisotopic (exact) mass is 312 g/mol. The number of nitrogens with two attached hydrogens (primary N) is 1. The molecule has 0 spiro atoms. The Labute approximate surface area is 139 Å². The number of carbonyl (C=O) groups is 1. The van der Waals surface area contributed by atoms with Gasteiger partial charge in [0.15, 0.2) is 0 Å². The molecule has 2 aliphatic carbocycles. The maximum absolute atomic E-state index is 11.6. The molecule has 23 heavy (non-hydrogen) atoms. The first-order valence-corrected chi connectivity index (χ1v) is 9.11. The minimum absolute atomic E-state index is 0.170. The van der Waals surface area contributed by atoms with Crippen LogP contribution in [0.5, 0.6) is 0 Å². The first-order valence-electron chi connectivity index (χ1n) is 9.11. The van der Waals surface area contributed by atoms with Crippen LogP contribution in [0.3, 0.4) is 0 Å². The van der Waals surface area contributed by atoms with Crippen LogP contribution in [0.2, 0.25) is 0 Å². The normalized spacial score (nSPS) is 34.7. The second-order valence-corrected chi connectivity index (χ2v) is 8.28. The van der Waals surface area contributed by atoms with E-state index in [1.54, 1.807) is 0 Å². The summed E-state index contributed by atoms with van der Waals surface area (Å²) < 4.78 is 0. The molecule has 4 rings (SSSR count). The van der Waals surface area contributed by atoms with Crippen molar-refractivity contribution in [3.63, 3.8) is 0 Å². The second-order valence-electron chi connectivity index (χ2n) is 8.28. The maximum Gasteiger partial charge on any atom is 0.248 e. The van der Waals surface area contributed by atoms with E-state index in [2.05, 4.69) is 37.8 Å². The van der Waals surface area contributed by atoms with Gasteiger partial charge in [-0.25, -0.2) is 0 Å². The van der Waals surface area contributed by atoms with Crippen LogP contribution < -0.4 is 5.73 Å². The molecule has 1 amide bonds. The highest BCUT2D eigenvalue weighted by atomic mass is 16.1. The molecule has 3 heteroatoms. The van der Waals surface area contributed by atoms with Crippen LogP contribution in [0.1, 0.15) is 61.5 Å². The zero-order valence-corrected chi connectivity index (χ0v) is 14.5. The Morgan fingerprint density at radius 2 is 2.13 bits per heavy atom. The number of hydrogen-bond donors (Lipinski definition) is 1. The number of fused-ring (bicyclic) bond motifs is 4. The van der Waals surface area contributed by atoms with Crippen LogP contribution in [0.25, 0.3) is 0 Å². The summed E-state index contributed by atoms with van der Waals surface area (Å²) in [6, 6.07) is 7.49. The van der Waals surface area contributed by atoms with Crippen LogP contribution in [-0.2, 0) is 11.8 Å². The van der Waals surface area contributed by atoms with Gasteiger partial charge in [-0.2, -0.15) is 0 Å². The third kappa shape index (κ3) is 2.24. The predicted octanol–water partition coefficient (Wildman–Crippen LogP) is 3.11. The number of carbonyl (C=O) groups excluding carboxylic acids is 1. The Balaban J connectivity index is 1.73. The van der Waals surface area contributed by atoms with E-state index in [1.807, 2.05) is 6.07 Å². The molecule has 1 unspecified atom stereocenters. The molecule has 2 bridgehead atoms. The van der Waals surface area contributed by atoms with Gasteiger partial charge in [-0.15, -0.1) is 0 Å². The molecule has 4 atom stereocenters. The lowest BCUT2D eigenvalue weighted by Gasteiger charge is -2.56. The van der Waals surface area contributed by atoms with Gasteiger partial charge in [0.1, 0.15) is 0 Å². The third-order valence-corrected chi connectivity index (χ3v) is 7.16. The fourth-order valence-corrected chi connectivity index (χ4v) is 5.16. The molecule has 1 aromatic carbocycles. The summed E-state index contributed by atoms with van der Waals surface area (Å²) in [4.78, 5) is 14.4. The van der Waals surface area contributed by atoms with Gasteiger partial charge in [-0.1, -0.05) is 19.9 Å². The predicted molar refractivity (Wildman–Crippen MR) is 92.5 cm³/mol. The lowest BCUT2D eigenvalue weighted by atomic mass is 9.58. The van der Waals surface area contributed by atoms with E-state index in [0.717, 1.165) is 18.4 Å². The lowest BCUT2D eigenvalue weighted by molar-refractivity contribution is 0.000499. The number of hydrogen-bond acceptors (Lipinski definition) is 2. The molecule has 3 aliphatic rings. The average molecular weight is 312 g/mol. The third-order valence-electron chi connectivity index (χ3n) is 7.16. The first kappa shape index (κ1) is 15.2. The molecule has 0 radical (unpaired) electrons. The minimum Gasteiger partial charge on any atom is -0.366 e. The van der Waals surface area contributed by atoms with Crippen molar-refractivity contribution in [1.82, 2.24) is 4.90 Å². The topological polar surface area (TPSA) is 46.3 Å². The van der Waals surface area contributed by atoms with Crippen LogP contribution in [0.15, 0.2) is 18.2 Å². The number of piperidine rings is 1. The molecule has 1 heterocycles. The van der Waals surface area contributed by atoms with E-state index < -0.39 is 0 Å². The standard InChI is InChI=1S/C20H28N2O/c1-12-18-11-15-6-7-16(19(21)23)10-17(15)20(12,3)8-9-22(18)13(2)14-4-5-14/h6-7,10,12-14,18H,4-5,8-9,11H2,1-3H3,(H2,21,23)/t12?,13-,18+,20-/m0/s1. The average Bonchev–Trinajstić information content (AvgIpc) is 3.34. The van der Waals surface area contributed by atoms with Crippen molar-refractivity contribution in [2.45, 2.75) is 64.0 Å². The fraction of sp³-hybridized carbons (Fsp3) is 0.650. The van der Waals surface area contributed by atoms with E-state index in [0.29, 0.717) is 17.5 Å². The highest BCUT2D eigenvalue weighted by molar-refractivity contribution is 5.93. The summed E-state index contributed by atoms with van der Waals surface area (Å²) in [5.41, 5.74) is 9.13. The SMILES string of the molecule is CC1[C@H]2Cc3ccc(C(N)=O)cc3[C@@]1(C)CCN2[C@@H](C)C1CC1. The van der Waals surface area contributed by atoms with Gasteiger partial charge in [-0.05, 0) is 79.7 Å². The Bertz CT molecular complexity index is 651. The molecule has 3 nitrogen and oxygen atoms in total. The highest BCUT2D eigenvalue weighted by Gasteiger charge is 2.50. The zero-order chi connectivity index (χ0) is 16.4. The van der Waals surface area contributed by atoms with Gasteiger partial charge in [0.2, 0.25) is 5.91 Å². The van der Waals surface area contributed by atoms with Gasteiger partial charge >= 0.3 is 0 Å². The lowest BCUT2D eigenvalue weighted by Crippen LogP contribution is -2.60.